The fraction of sp³-hybridized carbons (Fsp3) is 0.182. The van der Waals surface area contributed by atoms with Gasteiger partial charge in [0.25, 0.3) is 0 Å². The molecule has 0 heterocycles. The molecular weight excluding hydrogens is 240 g/mol. The van der Waals surface area contributed by atoms with Crippen LogP contribution in [-0.2, 0) is 4.79 Å². The SMILES string of the molecule is CC(=O)N(/N=C/c1c(C)cccc1Cl)C(=N)N. The second-order valence-electron chi connectivity index (χ2n) is 3.43. The predicted octanol–water partition coefficient (Wildman–Crippen LogP) is 1.72. The molecule has 0 fully saturated rings. The summed E-state index contributed by atoms with van der Waals surface area (Å²) in [5, 5.41) is 12.4. The van der Waals surface area contributed by atoms with E-state index in [4.69, 9.17) is 22.7 Å². The van der Waals surface area contributed by atoms with Gasteiger partial charge in [0.2, 0.25) is 11.9 Å². The largest absolute Gasteiger partial charge is 0.368 e. The van der Waals surface area contributed by atoms with Crippen molar-refractivity contribution in [3.05, 3.63) is 34.3 Å². The van der Waals surface area contributed by atoms with Gasteiger partial charge in [-0.3, -0.25) is 10.2 Å². The van der Waals surface area contributed by atoms with Crippen LogP contribution in [0.4, 0.5) is 0 Å². The minimum atomic E-state index is -0.432. The van der Waals surface area contributed by atoms with Crippen LogP contribution < -0.4 is 5.73 Å². The van der Waals surface area contributed by atoms with Gasteiger partial charge < -0.3 is 5.73 Å². The third-order valence-electron chi connectivity index (χ3n) is 2.10. The molecule has 0 saturated heterocycles. The van der Waals surface area contributed by atoms with Gasteiger partial charge in [0.05, 0.1) is 6.21 Å². The minimum absolute atomic E-state index is 0.432. The van der Waals surface area contributed by atoms with Crippen LogP contribution in [0.5, 0.6) is 0 Å². The third kappa shape index (κ3) is 3.29. The monoisotopic (exact) mass is 252 g/mol. The van der Waals surface area contributed by atoms with Gasteiger partial charge in [0.1, 0.15) is 0 Å². The van der Waals surface area contributed by atoms with Gasteiger partial charge in [-0.2, -0.15) is 10.1 Å². The van der Waals surface area contributed by atoms with E-state index < -0.39 is 11.9 Å². The predicted molar refractivity (Wildman–Crippen MR) is 68.2 cm³/mol. The molecule has 1 aromatic carbocycles. The molecule has 90 valence electrons. The average Bonchev–Trinajstić information content (AvgIpc) is 2.21. The van der Waals surface area contributed by atoms with Crippen LogP contribution in [0.25, 0.3) is 0 Å². The van der Waals surface area contributed by atoms with Crippen molar-refractivity contribution in [1.82, 2.24) is 5.01 Å². The molecular formula is C11H13ClN4O. The summed E-state index contributed by atoms with van der Waals surface area (Å²) in [5.74, 6) is -0.864. The number of nitrogens with one attached hydrogen (secondary N) is 1. The van der Waals surface area contributed by atoms with E-state index in [1.807, 2.05) is 19.1 Å². The first-order valence-electron chi connectivity index (χ1n) is 4.87. The van der Waals surface area contributed by atoms with E-state index in [1.54, 1.807) is 6.07 Å². The topological polar surface area (TPSA) is 82.5 Å². The van der Waals surface area contributed by atoms with Crippen molar-refractivity contribution < 1.29 is 4.79 Å². The van der Waals surface area contributed by atoms with Crippen molar-refractivity contribution in [3.8, 4) is 0 Å². The number of nitrogens with zero attached hydrogens (tertiary/aromatic N) is 2. The lowest BCUT2D eigenvalue weighted by Crippen LogP contribution is -2.35. The van der Waals surface area contributed by atoms with E-state index >= 15 is 0 Å². The Hall–Kier alpha value is -1.88. The van der Waals surface area contributed by atoms with Crippen LogP contribution in [0, 0.1) is 12.3 Å². The molecule has 17 heavy (non-hydrogen) atoms. The van der Waals surface area contributed by atoms with E-state index in [-0.39, 0.29) is 0 Å². The zero-order valence-corrected chi connectivity index (χ0v) is 10.3. The van der Waals surface area contributed by atoms with Crippen LogP contribution >= 0.6 is 11.6 Å². The number of carbonyl (C=O) groups excluding carboxylic acids is 1. The van der Waals surface area contributed by atoms with E-state index in [2.05, 4.69) is 5.10 Å². The maximum Gasteiger partial charge on any atom is 0.246 e. The lowest BCUT2D eigenvalue weighted by molar-refractivity contribution is -0.125. The van der Waals surface area contributed by atoms with Crippen LogP contribution in [0.1, 0.15) is 18.1 Å². The number of hydrogen-bond donors (Lipinski definition) is 2. The Balaban J connectivity index is 3.04. The zero-order valence-electron chi connectivity index (χ0n) is 9.57. The molecule has 0 aliphatic heterocycles. The first-order valence-corrected chi connectivity index (χ1v) is 5.25. The van der Waals surface area contributed by atoms with Gasteiger partial charge in [-0.05, 0) is 18.6 Å². The van der Waals surface area contributed by atoms with E-state index in [0.29, 0.717) is 10.6 Å². The maximum absolute atomic E-state index is 11.1. The molecule has 0 aromatic heterocycles. The molecule has 3 N–H and O–H groups in total. The van der Waals surface area contributed by atoms with Crippen molar-refractivity contribution in [2.24, 2.45) is 10.8 Å². The van der Waals surface area contributed by atoms with Crippen LogP contribution in [0.15, 0.2) is 23.3 Å². The summed E-state index contributed by atoms with van der Waals surface area (Å²) in [6.07, 6.45) is 1.42. The summed E-state index contributed by atoms with van der Waals surface area (Å²) in [5.41, 5.74) is 6.84. The molecule has 0 spiro atoms. The van der Waals surface area contributed by atoms with Crippen LogP contribution in [0.3, 0.4) is 0 Å². The Bertz CT molecular complexity index is 450. The zero-order chi connectivity index (χ0) is 13.0. The minimum Gasteiger partial charge on any atom is -0.368 e. The van der Waals surface area contributed by atoms with Gasteiger partial charge >= 0.3 is 0 Å². The average molecular weight is 253 g/mol. The highest BCUT2D eigenvalue weighted by atomic mass is 35.5. The molecule has 5 nitrogen and oxygen atoms in total. The molecule has 0 atom stereocenters. The van der Waals surface area contributed by atoms with Crippen molar-refractivity contribution in [1.29, 1.82) is 5.41 Å². The highest BCUT2D eigenvalue weighted by Crippen LogP contribution is 2.17. The number of nitrogens with two attached hydrogens (primary N) is 1. The Morgan fingerprint density at radius 3 is 2.71 bits per heavy atom. The summed E-state index contributed by atoms with van der Waals surface area (Å²) in [7, 11) is 0. The van der Waals surface area contributed by atoms with Crippen molar-refractivity contribution in [2.45, 2.75) is 13.8 Å². The number of benzene rings is 1. The van der Waals surface area contributed by atoms with E-state index in [9.17, 15) is 4.79 Å². The fourth-order valence-electron chi connectivity index (χ4n) is 1.24. The van der Waals surface area contributed by atoms with E-state index in [0.717, 1.165) is 10.6 Å². The molecule has 0 radical (unpaired) electrons. The second kappa shape index (κ2) is 5.45. The van der Waals surface area contributed by atoms with Crippen molar-refractivity contribution in [2.75, 3.05) is 0 Å². The maximum atomic E-state index is 11.1. The number of hydrogen-bond acceptors (Lipinski definition) is 3. The van der Waals surface area contributed by atoms with Crippen LogP contribution in [-0.4, -0.2) is 23.1 Å². The van der Waals surface area contributed by atoms with Gasteiger partial charge in [-0.15, -0.1) is 0 Å². The van der Waals surface area contributed by atoms with Crippen molar-refractivity contribution >= 4 is 29.7 Å². The normalized spacial score (nSPS) is 10.5. The number of aryl methyl sites for hydroxylation is 1. The lowest BCUT2D eigenvalue weighted by atomic mass is 10.1. The molecule has 0 unspecified atom stereocenters. The number of halogens is 1. The molecule has 1 rings (SSSR count). The standard InChI is InChI=1S/C11H13ClN4O/c1-7-4-3-5-10(12)9(7)6-15-16(8(2)17)11(13)14/h3-6H,1-2H3,(H3,13,14)/b15-6+. The van der Waals surface area contributed by atoms with Gasteiger partial charge in [0.15, 0.2) is 0 Å². The smallest absolute Gasteiger partial charge is 0.246 e. The Kier molecular flexibility index (Phi) is 4.23. The molecule has 0 saturated carbocycles. The molecule has 0 bridgehead atoms. The number of rotatable bonds is 2. The third-order valence-corrected chi connectivity index (χ3v) is 2.43. The summed E-state index contributed by atoms with van der Waals surface area (Å²) >= 11 is 5.99. The Morgan fingerprint density at radius 1 is 1.59 bits per heavy atom. The summed E-state index contributed by atoms with van der Waals surface area (Å²) in [4.78, 5) is 11.1. The second-order valence-corrected chi connectivity index (χ2v) is 3.84. The first-order chi connectivity index (χ1) is 7.93. The highest BCUT2D eigenvalue weighted by molar-refractivity contribution is 6.33. The van der Waals surface area contributed by atoms with Gasteiger partial charge in [-0.25, -0.2) is 0 Å². The molecule has 6 heteroatoms. The van der Waals surface area contributed by atoms with Crippen molar-refractivity contribution in [3.63, 3.8) is 0 Å². The summed E-state index contributed by atoms with van der Waals surface area (Å²) in [6, 6.07) is 5.42. The molecule has 1 amide bonds. The Morgan fingerprint density at radius 2 is 2.24 bits per heavy atom. The van der Waals surface area contributed by atoms with Crippen LogP contribution in [0.2, 0.25) is 5.02 Å². The quantitative estimate of drug-likeness (QED) is 0.477. The van der Waals surface area contributed by atoms with Gasteiger partial charge in [-0.1, -0.05) is 23.7 Å². The molecule has 0 aliphatic rings. The molecule has 1 aromatic rings. The Labute approximate surface area is 104 Å². The highest BCUT2D eigenvalue weighted by Gasteiger charge is 2.09. The summed E-state index contributed by atoms with van der Waals surface area (Å²) in [6.45, 7) is 3.15. The number of amides is 1. The first kappa shape index (κ1) is 13.2. The summed E-state index contributed by atoms with van der Waals surface area (Å²) < 4.78 is 0. The van der Waals surface area contributed by atoms with E-state index in [1.165, 1.54) is 13.1 Å². The molecule has 0 aliphatic carbocycles. The lowest BCUT2D eigenvalue weighted by Gasteiger charge is -2.11. The van der Waals surface area contributed by atoms with Gasteiger partial charge in [0, 0.05) is 17.5 Å². The number of hydrazone groups is 1. The number of carbonyl (C=O) groups is 1. The number of guanidine groups is 1. The fourth-order valence-corrected chi connectivity index (χ4v) is 1.51.